The molecule has 184 valence electrons. The van der Waals surface area contributed by atoms with E-state index in [1.165, 1.54) is 32.4 Å². The van der Waals surface area contributed by atoms with Crippen LogP contribution in [-0.2, 0) is 0 Å². The summed E-state index contributed by atoms with van der Waals surface area (Å²) in [6, 6.07) is 15.0. The first kappa shape index (κ1) is 25.0. The van der Waals surface area contributed by atoms with Gasteiger partial charge in [0.2, 0.25) is 5.88 Å². The lowest BCUT2D eigenvalue weighted by Crippen LogP contribution is -2.21. The first-order valence-corrected chi connectivity index (χ1v) is 11.3. The molecule has 0 bridgehead atoms. The van der Waals surface area contributed by atoms with Gasteiger partial charge in [-0.2, -0.15) is 5.26 Å². The number of fused-ring (bicyclic) bond motifs is 1. The number of hydrogen-bond acceptors (Lipinski definition) is 8. The van der Waals surface area contributed by atoms with Gasteiger partial charge in [0.05, 0.1) is 42.9 Å². The van der Waals surface area contributed by atoms with Crippen molar-refractivity contribution in [3.63, 3.8) is 0 Å². The molecule has 0 saturated heterocycles. The first-order valence-electron chi connectivity index (χ1n) is 10.5. The van der Waals surface area contributed by atoms with Crippen molar-refractivity contribution in [1.82, 2.24) is 0 Å². The summed E-state index contributed by atoms with van der Waals surface area (Å²) in [6.45, 7) is 0. The van der Waals surface area contributed by atoms with Crippen LogP contribution in [0, 0.1) is 11.3 Å². The maximum absolute atomic E-state index is 12.8. The highest BCUT2D eigenvalue weighted by molar-refractivity contribution is 6.37. The smallest absolute Gasteiger partial charge is 0.343 e. The largest absolute Gasteiger partial charge is 0.497 e. The number of ether oxygens (including phenoxy) is 5. The molecule has 4 rings (SSSR count). The van der Waals surface area contributed by atoms with Crippen LogP contribution in [0.3, 0.4) is 0 Å². The van der Waals surface area contributed by atoms with Crippen LogP contribution in [-0.4, -0.2) is 27.3 Å². The normalized spacial score (nSPS) is 14.3. The average molecular weight is 527 g/mol. The number of hydrogen-bond donors (Lipinski definition) is 1. The summed E-state index contributed by atoms with van der Waals surface area (Å²) in [5.41, 5.74) is 7.79. The van der Waals surface area contributed by atoms with Crippen molar-refractivity contribution in [3.8, 4) is 34.8 Å². The van der Waals surface area contributed by atoms with E-state index in [0.717, 1.165) is 0 Å². The molecule has 1 aliphatic rings. The van der Waals surface area contributed by atoms with Gasteiger partial charge in [-0.25, -0.2) is 4.79 Å². The fourth-order valence-corrected chi connectivity index (χ4v) is 4.56. The Hall–Kier alpha value is -4.06. The maximum Gasteiger partial charge on any atom is 0.343 e. The molecule has 1 heterocycles. The Labute approximate surface area is 217 Å². The van der Waals surface area contributed by atoms with E-state index in [1.807, 2.05) is 0 Å². The second-order valence-corrected chi connectivity index (χ2v) is 8.41. The summed E-state index contributed by atoms with van der Waals surface area (Å²) >= 11 is 12.3. The van der Waals surface area contributed by atoms with E-state index in [4.69, 9.17) is 52.6 Å². The number of nitrogens with two attached hydrogens (primary N) is 1. The zero-order valence-electron chi connectivity index (χ0n) is 19.4. The minimum Gasteiger partial charge on any atom is -0.497 e. The highest BCUT2D eigenvalue weighted by Gasteiger charge is 2.33. The van der Waals surface area contributed by atoms with Crippen LogP contribution < -0.4 is 29.4 Å². The molecule has 0 amide bonds. The van der Waals surface area contributed by atoms with Gasteiger partial charge in [-0.05, 0) is 24.3 Å². The molecule has 36 heavy (non-hydrogen) atoms. The predicted octanol–water partition coefficient (Wildman–Crippen LogP) is 5.46. The molecule has 1 aliphatic heterocycles. The van der Waals surface area contributed by atoms with Gasteiger partial charge in [-0.1, -0.05) is 35.3 Å². The lowest BCUT2D eigenvalue weighted by Gasteiger charge is -2.27. The molecule has 0 aliphatic carbocycles. The highest BCUT2D eigenvalue weighted by Crippen LogP contribution is 2.46. The summed E-state index contributed by atoms with van der Waals surface area (Å²) in [4.78, 5) is 12.8. The minimum atomic E-state index is -0.688. The number of nitriles is 1. The number of benzene rings is 3. The Morgan fingerprint density at radius 3 is 2.22 bits per heavy atom. The van der Waals surface area contributed by atoms with Crippen LogP contribution in [0.25, 0.3) is 0 Å². The van der Waals surface area contributed by atoms with Crippen molar-refractivity contribution in [2.45, 2.75) is 5.92 Å². The van der Waals surface area contributed by atoms with Crippen LogP contribution in [0.15, 0.2) is 60.0 Å². The third-order valence-electron chi connectivity index (χ3n) is 5.59. The molecule has 8 nitrogen and oxygen atoms in total. The Balaban J connectivity index is 1.71. The standard InChI is InChI=1S/C26H20Cl2N2O6/c1-32-14-4-6-16(21(10-14)33-2)23-17-7-5-15(11-22(17)36-25(30)18(23)12-29)35-26(31)13-8-19(27)24(34-3)20(28)9-13/h4-11,23H,30H2,1-3H3. The molecule has 0 radical (unpaired) electrons. The molecule has 1 atom stereocenters. The molecule has 0 fully saturated rings. The van der Waals surface area contributed by atoms with Crippen molar-refractivity contribution < 1.29 is 28.5 Å². The monoisotopic (exact) mass is 526 g/mol. The number of carbonyl (C=O) groups excluding carboxylic acids is 1. The summed E-state index contributed by atoms with van der Waals surface area (Å²) in [7, 11) is 4.50. The van der Waals surface area contributed by atoms with Gasteiger partial charge in [0.25, 0.3) is 0 Å². The number of rotatable bonds is 6. The SMILES string of the molecule is COc1ccc(C2C(C#N)=C(N)Oc3cc(OC(=O)c4cc(Cl)c(OC)c(Cl)c4)ccc32)c(OC)c1. The molecular weight excluding hydrogens is 507 g/mol. The van der Waals surface area contributed by atoms with Crippen LogP contribution >= 0.6 is 23.2 Å². The van der Waals surface area contributed by atoms with Gasteiger partial charge in [0.15, 0.2) is 5.75 Å². The van der Waals surface area contributed by atoms with Gasteiger partial charge in [0.1, 0.15) is 34.6 Å². The number of allylic oxidation sites excluding steroid dienone is 1. The quantitative estimate of drug-likeness (QED) is 0.332. The van der Waals surface area contributed by atoms with Crippen LogP contribution in [0.4, 0.5) is 0 Å². The Morgan fingerprint density at radius 2 is 1.61 bits per heavy atom. The van der Waals surface area contributed by atoms with E-state index in [2.05, 4.69) is 6.07 Å². The minimum absolute atomic E-state index is 0.0648. The predicted molar refractivity (Wildman–Crippen MR) is 133 cm³/mol. The first-order chi connectivity index (χ1) is 17.3. The molecular formula is C26H20Cl2N2O6. The number of methoxy groups -OCH3 is 3. The summed E-state index contributed by atoms with van der Waals surface area (Å²) in [5.74, 6) is 0.546. The topological polar surface area (TPSA) is 113 Å². The van der Waals surface area contributed by atoms with E-state index in [0.29, 0.717) is 28.4 Å². The van der Waals surface area contributed by atoms with Gasteiger partial charge >= 0.3 is 5.97 Å². The van der Waals surface area contributed by atoms with Crippen molar-refractivity contribution >= 4 is 29.2 Å². The van der Waals surface area contributed by atoms with E-state index in [1.54, 1.807) is 37.4 Å². The lowest BCUT2D eigenvalue weighted by molar-refractivity contribution is 0.0734. The maximum atomic E-state index is 12.8. The molecule has 0 saturated carbocycles. The van der Waals surface area contributed by atoms with Gasteiger partial charge in [-0.3, -0.25) is 0 Å². The van der Waals surface area contributed by atoms with E-state index in [-0.39, 0.29) is 38.6 Å². The second-order valence-electron chi connectivity index (χ2n) is 7.59. The van der Waals surface area contributed by atoms with Crippen molar-refractivity contribution in [3.05, 3.63) is 86.7 Å². The Bertz CT molecular complexity index is 1410. The fourth-order valence-electron chi connectivity index (χ4n) is 3.91. The third-order valence-corrected chi connectivity index (χ3v) is 6.15. The highest BCUT2D eigenvalue weighted by atomic mass is 35.5. The number of carbonyl (C=O) groups is 1. The van der Waals surface area contributed by atoms with Crippen LogP contribution in [0.2, 0.25) is 10.0 Å². The van der Waals surface area contributed by atoms with E-state index < -0.39 is 11.9 Å². The summed E-state index contributed by atoms with van der Waals surface area (Å²) in [5, 5.41) is 10.2. The van der Waals surface area contributed by atoms with Gasteiger partial charge in [-0.15, -0.1) is 0 Å². The summed E-state index contributed by atoms with van der Waals surface area (Å²) in [6.07, 6.45) is 0. The zero-order valence-corrected chi connectivity index (χ0v) is 20.9. The van der Waals surface area contributed by atoms with E-state index in [9.17, 15) is 10.1 Å². The molecule has 3 aromatic rings. The van der Waals surface area contributed by atoms with Crippen molar-refractivity contribution in [2.24, 2.45) is 5.73 Å². The Kier molecular flexibility index (Phi) is 7.15. The second kappa shape index (κ2) is 10.3. The van der Waals surface area contributed by atoms with Gasteiger partial charge < -0.3 is 29.4 Å². The third kappa shape index (κ3) is 4.59. The summed E-state index contributed by atoms with van der Waals surface area (Å²) < 4.78 is 27.2. The molecule has 3 aromatic carbocycles. The van der Waals surface area contributed by atoms with Crippen LogP contribution in [0.1, 0.15) is 27.4 Å². The van der Waals surface area contributed by atoms with E-state index >= 15 is 0 Å². The Morgan fingerprint density at radius 1 is 0.944 bits per heavy atom. The molecule has 2 N–H and O–H groups in total. The number of halogens is 2. The molecule has 10 heteroatoms. The lowest BCUT2D eigenvalue weighted by atomic mass is 9.83. The average Bonchev–Trinajstić information content (AvgIpc) is 2.87. The number of nitrogens with zero attached hydrogens (tertiary/aromatic N) is 1. The number of esters is 1. The molecule has 0 aromatic heterocycles. The molecule has 1 unspecified atom stereocenters. The van der Waals surface area contributed by atoms with Crippen LogP contribution in [0.5, 0.6) is 28.7 Å². The van der Waals surface area contributed by atoms with Crippen molar-refractivity contribution in [2.75, 3.05) is 21.3 Å². The van der Waals surface area contributed by atoms with Crippen molar-refractivity contribution in [1.29, 1.82) is 5.26 Å². The molecule has 0 spiro atoms. The zero-order chi connectivity index (χ0) is 26.0. The fraction of sp³-hybridized carbons (Fsp3) is 0.154. The van der Waals surface area contributed by atoms with Gasteiger partial charge in [0, 0.05) is 23.3 Å².